The third-order valence-electron chi connectivity index (χ3n) is 4.33. The van der Waals surface area contributed by atoms with E-state index >= 15 is 0 Å². The van der Waals surface area contributed by atoms with Crippen LogP contribution in [0.4, 0.5) is 0 Å². The van der Waals surface area contributed by atoms with E-state index in [1.54, 1.807) is 4.90 Å². The van der Waals surface area contributed by atoms with Gasteiger partial charge in [0.1, 0.15) is 17.2 Å². The SMILES string of the molecule is Cn1cccc1C(=O)N1CCc2nc(COc3ccccc3)oc2C1. The van der Waals surface area contributed by atoms with Crippen molar-refractivity contribution in [1.29, 1.82) is 0 Å². The maximum absolute atomic E-state index is 12.6. The van der Waals surface area contributed by atoms with Gasteiger partial charge in [-0.2, -0.15) is 0 Å². The number of para-hydroxylation sites is 1. The maximum Gasteiger partial charge on any atom is 0.270 e. The Bertz CT molecular complexity index is 882. The third kappa shape index (κ3) is 3.15. The maximum atomic E-state index is 12.6. The molecule has 1 aliphatic heterocycles. The topological polar surface area (TPSA) is 60.5 Å². The number of ether oxygens (including phenoxy) is 1. The number of nitrogens with zero attached hydrogens (tertiary/aromatic N) is 3. The summed E-state index contributed by atoms with van der Waals surface area (Å²) in [7, 11) is 1.87. The van der Waals surface area contributed by atoms with Crippen LogP contribution < -0.4 is 4.74 Å². The summed E-state index contributed by atoms with van der Waals surface area (Å²) in [6.07, 6.45) is 2.57. The molecule has 25 heavy (non-hydrogen) atoms. The molecule has 128 valence electrons. The zero-order valence-electron chi connectivity index (χ0n) is 14.0. The summed E-state index contributed by atoms with van der Waals surface area (Å²) in [5.74, 6) is 2.08. The lowest BCUT2D eigenvalue weighted by atomic mass is 10.1. The summed E-state index contributed by atoms with van der Waals surface area (Å²) in [5.41, 5.74) is 1.60. The fourth-order valence-corrected chi connectivity index (χ4v) is 2.99. The van der Waals surface area contributed by atoms with E-state index in [0.717, 1.165) is 17.2 Å². The predicted molar refractivity (Wildman–Crippen MR) is 91.1 cm³/mol. The van der Waals surface area contributed by atoms with E-state index in [-0.39, 0.29) is 12.5 Å². The fourth-order valence-electron chi connectivity index (χ4n) is 2.99. The van der Waals surface area contributed by atoms with Gasteiger partial charge < -0.3 is 18.6 Å². The molecule has 1 aromatic carbocycles. The van der Waals surface area contributed by atoms with Crippen LogP contribution in [0.15, 0.2) is 53.1 Å². The zero-order chi connectivity index (χ0) is 17.2. The minimum Gasteiger partial charge on any atom is -0.484 e. The first-order valence-corrected chi connectivity index (χ1v) is 8.26. The van der Waals surface area contributed by atoms with E-state index in [9.17, 15) is 4.79 Å². The summed E-state index contributed by atoms with van der Waals surface area (Å²) >= 11 is 0. The van der Waals surface area contributed by atoms with Gasteiger partial charge in [0.05, 0.1) is 12.2 Å². The lowest BCUT2D eigenvalue weighted by Gasteiger charge is -2.25. The molecule has 0 saturated heterocycles. The average Bonchev–Trinajstić information content (AvgIpc) is 3.25. The summed E-state index contributed by atoms with van der Waals surface area (Å²) in [6, 6.07) is 13.3. The first-order valence-electron chi connectivity index (χ1n) is 8.26. The van der Waals surface area contributed by atoms with Gasteiger partial charge in [0, 0.05) is 26.2 Å². The van der Waals surface area contributed by atoms with Gasteiger partial charge in [-0.1, -0.05) is 18.2 Å². The summed E-state index contributed by atoms with van der Waals surface area (Å²) in [6.45, 7) is 1.36. The quantitative estimate of drug-likeness (QED) is 0.734. The molecule has 6 nitrogen and oxygen atoms in total. The highest BCUT2D eigenvalue weighted by atomic mass is 16.5. The minimum atomic E-state index is 0.0108. The van der Waals surface area contributed by atoms with E-state index < -0.39 is 0 Å². The molecule has 4 rings (SSSR count). The van der Waals surface area contributed by atoms with Crippen molar-refractivity contribution in [2.45, 2.75) is 19.6 Å². The third-order valence-corrected chi connectivity index (χ3v) is 4.33. The summed E-state index contributed by atoms with van der Waals surface area (Å²) in [4.78, 5) is 18.9. The van der Waals surface area contributed by atoms with Crippen LogP contribution in [0.25, 0.3) is 0 Å². The van der Waals surface area contributed by atoms with Crippen LogP contribution in [-0.2, 0) is 26.6 Å². The minimum absolute atomic E-state index is 0.0108. The highest BCUT2D eigenvalue weighted by Crippen LogP contribution is 2.22. The Labute approximate surface area is 145 Å². The highest BCUT2D eigenvalue weighted by Gasteiger charge is 2.27. The smallest absolute Gasteiger partial charge is 0.270 e. The number of fused-ring (bicyclic) bond motifs is 1. The van der Waals surface area contributed by atoms with Gasteiger partial charge in [0.25, 0.3) is 5.91 Å². The van der Waals surface area contributed by atoms with E-state index in [0.29, 0.717) is 31.1 Å². The molecule has 3 aromatic rings. The van der Waals surface area contributed by atoms with Crippen molar-refractivity contribution in [3.8, 4) is 5.75 Å². The molecule has 0 spiro atoms. The lowest BCUT2D eigenvalue weighted by molar-refractivity contribution is 0.0708. The second kappa shape index (κ2) is 6.47. The Hall–Kier alpha value is -3.02. The number of aromatic nitrogens is 2. The van der Waals surface area contributed by atoms with E-state index in [4.69, 9.17) is 9.15 Å². The van der Waals surface area contributed by atoms with Crippen LogP contribution in [0.2, 0.25) is 0 Å². The monoisotopic (exact) mass is 337 g/mol. The predicted octanol–water partition coefficient (Wildman–Crippen LogP) is 2.79. The Kier molecular flexibility index (Phi) is 4.01. The van der Waals surface area contributed by atoms with Gasteiger partial charge >= 0.3 is 0 Å². The van der Waals surface area contributed by atoms with Gasteiger partial charge in [-0.3, -0.25) is 4.79 Å². The standard InChI is InChI=1S/C19H19N3O3/c1-21-10-5-8-16(21)19(23)22-11-9-15-17(12-22)25-18(20-15)13-24-14-6-3-2-4-7-14/h2-8,10H,9,11-13H2,1H3. The number of hydrogen-bond donors (Lipinski definition) is 0. The molecule has 0 unspecified atom stereocenters. The summed E-state index contributed by atoms with van der Waals surface area (Å²) in [5, 5.41) is 0. The number of oxazole rings is 1. The van der Waals surface area contributed by atoms with Crippen molar-refractivity contribution in [3.63, 3.8) is 0 Å². The molecule has 0 saturated carbocycles. The molecule has 3 heterocycles. The Morgan fingerprint density at radius 2 is 2.08 bits per heavy atom. The normalized spacial score (nSPS) is 13.6. The van der Waals surface area contributed by atoms with Crippen molar-refractivity contribution in [2.75, 3.05) is 6.54 Å². The van der Waals surface area contributed by atoms with Gasteiger partial charge in [-0.25, -0.2) is 4.98 Å². The molecule has 0 radical (unpaired) electrons. The molecule has 1 aliphatic rings. The van der Waals surface area contributed by atoms with Crippen LogP contribution in [0.1, 0.15) is 27.8 Å². The van der Waals surface area contributed by atoms with Crippen LogP contribution in [-0.4, -0.2) is 26.9 Å². The molecule has 0 atom stereocenters. The molecule has 0 bridgehead atoms. The van der Waals surface area contributed by atoms with Crippen LogP contribution >= 0.6 is 0 Å². The number of carbonyl (C=O) groups excluding carboxylic acids is 1. The second-order valence-electron chi connectivity index (χ2n) is 6.06. The van der Waals surface area contributed by atoms with Crippen molar-refractivity contribution in [2.24, 2.45) is 7.05 Å². The zero-order valence-corrected chi connectivity index (χ0v) is 14.0. The highest BCUT2D eigenvalue weighted by molar-refractivity contribution is 5.92. The van der Waals surface area contributed by atoms with Crippen molar-refractivity contribution < 1.29 is 13.9 Å². The number of rotatable bonds is 4. The Balaban J connectivity index is 1.44. The lowest BCUT2D eigenvalue weighted by Crippen LogP contribution is -2.36. The van der Waals surface area contributed by atoms with Gasteiger partial charge in [0.2, 0.25) is 5.89 Å². The number of carbonyl (C=O) groups is 1. The first-order chi connectivity index (χ1) is 12.2. The van der Waals surface area contributed by atoms with Crippen molar-refractivity contribution in [3.05, 3.63) is 71.7 Å². The second-order valence-corrected chi connectivity index (χ2v) is 6.06. The Morgan fingerprint density at radius 1 is 1.24 bits per heavy atom. The molecule has 0 aliphatic carbocycles. The molecule has 2 aromatic heterocycles. The molecule has 6 heteroatoms. The van der Waals surface area contributed by atoms with Gasteiger partial charge in [0.15, 0.2) is 6.61 Å². The van der Waals surface area contributed by atoms with Gasteiger partial charge in [-0.15, -0.1) is 0 Å². The van der Waals surface area contributed by atoms with Crippen LogP contribution in [0.3, 0.4) is 0 Å². The van der Waals surface area contributed by atoms with Crippen LogP contribution in [0.5, 0.6) is 5.75 Å². The fraction of sp³-hybridized carbons (Fsp3) is 0.263. The number of hydrogen-bond acceptors (Lipinski definition) is 4. The van der Waals surface area contributed by atoms with E-state index in [1.807, 2.05) is 60.3 Å². The van der Waals surface area contributed by atoms with E-state index in [1.165, 1.54) is 0 Å². The van der Waals surface area contributed by atoms with Crippen molar-refractivity contribution in [1.82, 2.24) is 14.5 Å². The van der Waals surface area contributed by atoms with Crippen molar-refractivity contribution >= 4 is 5.91 Å². The first kappa shape index (κ1) is 15.5. The number of amides is 1. The Morgan fingerprint density at radius 3 is 2.84 bits per heavy atom. The molecule has 0 fully saturated rings. The molecular formula is C19H19N3O3. The van der Waals surface area contributed by atoms with Crippen LogP contribution in [0, 0.1) is 0 Å². The molecule has 1 amide bonds. The number of aryl methyl sites for hydroxylation is 1. The largest absolute Gasteiger partial charge is 0.484 e. The van der Waals surface area contributed by atoms with Gasteiger partial charge in [-0.05, 0) is 24.3 Å². The number of benzene rings is 1. The van der Waals surface area contributed by atoms with E-state index in [2.05, 4.69) is 4.98 Å². The summed E-state index contributed by atoms with van der Waals surface area (Å²) < 4.78 is 13.3. The average molecular weight is 337 g/mol. The molecular weight excluding hydrogens is 318 g/mol. The molecule has 0 N–H and O–H groups in total.